The Morgan fingerprint density at radius 3 is 2.35 bits per heavy atom. The van der Waals surface area contributed by atoms with Gasteiger partial charge in [0.1, 0.15) is 0 Å². The molecule has 1 fully saturated rings. The van der Waals surface area contributed by atoms with Crippen molar-refractivity contribution in [1.29, 1.82) is 0 Å². The summed E-state index contributed by atoms with van der Waals surface area (Å²) in [6.45, 7) is 1.39. The summed E-state index contributed by atoms with van der Waals surface area (Å²) in [4.78, 5) is 2.24. The fourth-order valence-corrected chi connectivity index (χ4v) is 5.00. The summed E-state index contributed by atoms with van der Waals surface area (Å²) in [5, 5.41) is 0.728. The van der Waals surface area contributed by atoms with Crippen LogP contribution in [0.1, 0.15) is 17.5 Å². The molecule has 3 nitrogen and oxygen atoms in total. The maximum absolute atomic E-state index is 11.9. The minimum absolute atomic E-state index is 0.0523. The van der Waals surface area contributed by atoms with Gasteiger partial charge < -0.3 is 0 Å². The van der Waals surface area contributed by atoms with E-state index in [2.05, 4.69) is 17.0 Å². The predicted molar refractivity (Wildman–Crippen MR) is 94.2 cm³/mol. The standard InChI is InChI=1S/C18H20ClNO2S/c19-18-9-5-4-8-16(18)13-20(12-15-6-2-1-3-7-15)17-10-11-23(21,22)14-17/h1-9,17H,10-14H2/t17-/m0/s1. The van der Waals surface area contributed by atoms with Crippen LogP contribution in [0.2, 0.25) is 5.02 Å². The summed E-state index contributed by atoms with van der Waals surface area (Å²) >= 11 is 6.29. The highest BCUT2D eigenvalue weighted by atomic mass is 35.5. The largest absolute Gasteiger partial charge is 0.291 e. The van der Waals surface area contributed by atoms with Gasteiger partial charge in [0, 0.05) is 24.2 Å². The molecule has 23 heavy (non-hydrogen) atoms. The highest BCUT2D eigenvalue weighted by molar-refractivity contribution is 7.91. The number of halogens is 1. The first-order chi connectivity index (χ1) is 11.0. The monoisotopic (exact) mass is 349 g/mol. The zero-order valence-corrected chi connectivity index (χ0v) is 14.4. The maximum Gasteiger partial charge on any atom is 0.151 e. The number of hydrogen-bond acceptors (Lipinski definition) is 3. The number of nitrogens with zero attached hydrogens (tertiary/aromatic N) is 1. The highest BCUT2D eigenvalue weighted by Gasteiger charge is 2.32. The van der Waals surface area contributed by atoms with Gasteiger partial charge in [0.15, 0.2) is 9.84 Å². The SMILES string of the molecule is O=S1(=O)CC[C@H](N(Cc2ccccc2)Cc2ccccc2Cl)C1. The van der Waals surface area contributed by atoms with Crippen LogP contribution < -0.4 is 0 Å². The van der Waals surface area contributed by atoms with Crippen molar-refractivity contribution in [1.82, 2.24) is 4.90 Å². The van der Waals surface area contributed by atoms with E-state index in [0.717, 1.165) is 17.1 Å². The van der Waals surface area contributed by atoms with Crippen molar-refractivity contribution < 1.29 is 8.42 Å². The second-order valence-electron chi connectivity index (χ2n) is 6.04. The molecule has 2 aromatic rings. The molecule has 1 heterocycles. The van der Waals surface area contributed by atoms with Crippen LogP contribution in [0, 0.1) is 0 Å². The molecule has 1 atom stereocenters. The summed E-state index contributed by atoms with van der Waals surface area (Å²) < 4.78 is 23.7. The molecule has 0 saturated carbocycles. The average Bonchev–Trinajstić information content (AvgIpc) is 2.90. The zero-order chi connectivity index (χ0) is 16.3. The van der Waals surface area contributed by atoms with Gasteiger partial charge in [-0.15, -0.1) is 0 Å². The van der Waals surface area contributed by atoms with Crippen LogP contribution in [-0.4, -0.2) is 30.9 Å². The Bertz CT molecular complexity index is 762. The summed E-state index contributed by atoms with van der Waals surface area (Å²) in [6, 6.07) is 18.0. The molecule has 0 unspecified atom stereocenters. The molecular weight excluding hydrogens is 330 g/mol. The Kier molecular flexibility index (Phi) is 5.05. The molecule has 0 aliphatic carbocycles. The quantitative estimate of drug-likeness (QED) is 0.828. The van der Waals surface area contributed by atoms with Gasteiger partial charge in [0.25, 0.3) is 0 Å². The Morgan fingerprint density at radius 1 is 1.00 bits per heavy atom. The van der Waals surface area contributed by atoms with Crippen molar-refractivity contribution in [2.45, 2.75) is 25.6 Å². The van der Waals surface area contributed by atoms with Gasteiger partial charge in [-0.3, -0.25) is 4.90 Å². The average molecular weight is 350 g/mol. The molecule has 2 aromatic carbocycles. The smallest absolute Gasteiger partial charge is 0.151 e. The Morgan fingerprint density at radius 2 is 1.70 bits per heavy atom. The summed E-state index contributed by atoms with van der Waals surface area (Å²) in [6.07, 6.45) is 0.694. The molecule has 122 valence electrons. The van der Waals surface area contributed by atoms with Crippen LogP contribution in [-0.2, 0) is 22.9 Å². The van der Waals surface area contributed by atoms with Crippen LogP contribution >= 0.6 is 11.6 Å². The third-order valence-corrected chi connectivity index (χ3v) is 6.40. The van der Waals surface area contributed by atoms with Gasteiger partial charge >= 0.3 is 0 Å². The number of benzene rings is 2. The summed E-state index contributed by atoms with van der Waals surface area (Å²) in [5.74, 6) is 0.524. The fourth-order valence-electron chi connectivity index (χ4n) is 3.04. The van der Waals surface area contributed by atoms with Crippen molar-refractivity contribution in [3.8, 4) is 0 Å². The lowest BCUT2D eigenvalue weighted by Gasteiger charge is -2.28. The van der Waals surface area contributed by atoms with Crippen molar-refractivity contribution in [2.75, 3.05) is 11.5 Å². The second kappa shape index (κ2) is 7.04. The van der Waals surface area contributed by atoms with Crippen LogP contribution in [0.5, 0.6) is 0 Å². The first kappa shape index (κ1) is 16.5. The van der Waals surface area contributed by atoms with E-state index < -0.39 is 9.84 Å². The number of sulfone groups is 1. The first-order valence-electron chi connectivity index (χ1n) is 7.75. The minimum Gasteiger partial charge on any atom is -0.291 e. The van der Waals surface area contributed by atoms with E-state index in [1.807, 2.05) is 42.5 Å². The summed E-state index contributed by atoms with van der Waals surface area (Å²) in [7, 11) is -2.91. The van der Waals surface area contributed by atoms with Crippen molar-refractivity contribution in [2.24, 2.45) is 0 Å². The second-order valence-corrected chi connectivity index (χ2v) is 8.67. The lowest BCUT2D eigenvalue weighted by atomic mass is 10.1. The van der Waals surface area contributed by atoms with Gasteiger partial charge in [0.2, 0.25) is 0 Å². The van der Waals surface area contributed by atoms with Crippen molar-refractivity contribution in [3.63, 3.8) is 0 Å². The van der Waals surface area contributed by atoms with Gasteiger partial charge in [-0.2, -0.15) is 0 Å². The molecule has 0 radical (unpaired) electrons. The molecule has 0 N–H and O–H groups in total. The number of rotatable bonds is 5. The van der Waals surface area contributed by atoms with Gasteiger partial charge in [-0.1, -0.05) is 60.1 Å². The molecule has 1 aliphatic heterocycles. The number of hydrogen-bond donors (Lipinski definition) is 0. The van der Waals surface area contributed by atoms with Crippen LogP contribution in [0.25, 0.3) is 0 Å². The molecule has 0 amide bonds. The molecule has 3 rings (SSSR count). The molecular formula is C18H20ClNO2S. The molecule has 5 heteroatoms. The Labute approximate surface area is 142 Å². The van der Waals surface area contributed by atoms with E-state index in [-0.39, 0.29) is 17.5 Å². The lowest BCUT2D eigenvalue weighted by Crippen LogP contribution is -2.35. The minimum atomic E-state index is -2.91. The van der Waals surface area contributed by atoms with E-state index in [9.17, 15) is 8.42 Å². The van der Waals surface area contributed by atoms with Gasteiger partial charge in [0.05, 0.1) is 11.5 Å². The van der Waals surface area contributed by atoms with E-state index in [1.54, 1.807) is 0 Å². The molecule has 0 bridgehead atoms. The van der Waals surface area contributed by atoms with Crippen molar-refractivity contribution in [3.05, 3.63) is 70.7 Å². The van der Waals surface area contributed by atoms with E-state index in [1.165, 1.54) is 5.56 Å². The van der Waals surface area contributed by atoms with Crippen LogP contribution in [0.3, 0.4) is 0 Å². The molecule has 0 aromatic heterocycles. The molecule has 1 saturated heterocycles. The normalized spacial score (nSPS) is 20.0. The van der Waals surface area contributed by atoms with Crippen molar-refractivity contribution >= 4 is 21.4 Å². The highest BCUT2D eigenvalue weighted by Crippen LogP contribution is 2.24. The fraction of sp³-hybridized carbons (Fsp3) is 0.333. The van der Waals surface area contributed by atoms with E-state index >= 15 is 0 Å². The molecule has 1 aliphatic rings. The third-order valence-electron chi connectivity index (χ3n) is 4.28. The summed E-state index contributed by atoms with van der Waals surface area (Å²) in [5.41, 5.74) is 2.22. The third kappa shape index (κ3) is 4.34. The van der Waals surface area contributed by atoms with Gasteiger partial charge in [-0.25, -0.2) is 8.42 Å². The van der Waals surface area contributed by atoms with Crippen LogP contribution in [0.4, 0.5) is 0 Å². The zero-order valence-electron chi connectivity index (χ0n) is 12.9. The van der Waals surface area contributed by atoms with E-state index in [4.69, 9.17) is 11.6 Å². The topological polar surface area (TPSA) is 37.4 Å². The Balaban J connectivity index is 1.83. The maximum atomic E-state index is 11.9. The molecule has 0 spiro atoms. The van der Waals surface area contributed by atoms with E-state index in [0.29, 0.717) is 13.0 Å². The Hall–Kier alpha value is -1.36. The van der Waals surface area contributed by atoms with Crippen LogP contribution in [0.15, 0.2) is 54.6 Å². The predicted octanol–water partition coefficient (Wildman–Crippen LogP) is 3.53. The lowest BCUT2D eigenvalue weighted by molar-refractivity contribution is 0.194. The first-order valence-corrected chi connectivity index (χ1v) is 9.95. The van der Waals surface area contributed by atoms with Gasteiger partial charge in [-0.05, 0) is 23.6 Å².